The third kappa shape index (κ3) is 4.92. The summed E-state index contributed by atoms with van der Waals surface area (Å²) in [6.45, 7) is 4.36. The molecule has 2 atom stereocenters. The van der Waals surface area contributed by atoms with Gasteiger partial charge in [-0.3, -0.25) is 9.69 Å². The average Bonchev–Trinajstić information content (AvgIpc) is 3.23. The van der Waals surface area contributed by atoms with Crippen LogP contribution in [0.25, 0.3) is 6.08 Å². The lowest BCUT2D eigenvalue weighted by atomic mass is 9.86. The van der Waals surface area contributed by atoms with Gasteiger partial charge in [0.15, 0.2) is 0 Å². The monoisotopic (exact) mass is 431 g/mol. The van der Waals surface area contributed by atoms with Crippen molar-refractivity contribution in [2.75, 3.05) is 33.9 Å². The smallest absolute Gasteiger partial charge is 0.251 e. The number of methoxy groups -OCH3 is 2. The Labute approximate surface area is 188 Å². The Kier molecular flexibility index (Phi) is 6.71. The molecule has 0 unspecified atom stereocenters. The van der Waals surface area contributed by atoms with E-state index in [4.69, 9.17) is 9.47 Å². The highest BCUT2D eigenvalue weighted by molar-refractivity contribution is 5.57. The van der Waals surface area contributed by atoms with E-state index in [0.29, 0.717) is 5.82 Å². The first-order valence-corrected chi connectivity index (χ1v) is 10.8. The van der Waals surface area contributed by atoms with Crippen molar-refractivity contribution in [3.05, 3.63) is 93.7 Å². The second kappa shape index (κ2) is 9.83. The van der Waals surface area contributed by atoms with Crippen LogP contribution in [0.2, 0.25) is 0 Å². The first-order valence-electron chi connectivity index (χ1n) is 10.8. The van der Waals surface area contributed by atoms with Gasteiger partial charge in [0, 0.05) is 43.1 Å². The number of benzene rings is 2. The summed E-state index contributed by atoms with van der Waals surface area (Å²) >= 11 is 0. The molecule has 0 saturated carbocycles. The highest BCUT2D eigenvalue weighted by Gasteiger charge is 2.35. The maximum atomic E-state index is 12.1. The van der Waals surface area contributed by atoms with Crippen LogP contribution in [0, 0.1) is 6.92 Å². The number of H-pyrrole nitrogens is 1. The normalized spacial score (nSPS) is 18.8. The van der Waals surface area contributed by atoms with Crippen LogP contribution in [0.15, 0.2) is 65.5 Å². The van der Waals surface area contributed by atoms with Crippen molar-refractivity contribution in [3.63, 3.8) is 0 Å². The molecule has 2 aromatic carbocycles. The first kappa shape index (κ1) is 21.8. The number of para-hydroxylation sites is 1. The minimum Gasteiger partial charge on any atom is -0.497 e. The van der Waals surface area contributed by atoms with E-state index >= 15 is 0 Å². The topological polar surface area (TPSA) is 67.5 Å². The largest absolute Gasteiger partial charge is 0.497 e. The molecule has 0 bridgehead atoms. The zero-order valence-electron chi connectivity index (χ0n) is 18.7. The molecule has 6 heteroatoms. The zero-order valence-corrected chi connectivity index (χ0v) is 18.7. The Hall–Kier alpha value is -3.38. The molecule has 1 fully saturated rings. The summed E-state index contributed by atoms with van der Waals surface area (Å²) in [5.74, 6) is 2.74. The molecule has 2 heterocycles. The van der Waals surface area contributed by atoms with Gasteiger partial charge in [-0.1, -0.05) is 42.5 Å². The highest BCUT2D eigenvalue weighted by atomic mass is 16.5. The summed E-state index contributed by atoms with van der Waals surface area (Å²) < 4.78 is 10.8. The molecule has 0 amide bonds. The van der Waals surface area contributed by atoms with Crippen LogP contribution in [0.3, 0.4) is 0 Å². The van der Waals surface area contributed by atoms with Gasteiger partial charge in [-0.15, -0.1) is 0 Å². The highest BCUT2D eigenvalue weighted by Crippen LogP contribution is 2.39. The van der Waals surface area contributed by atoms with E-state index in [1.807, 2.05) is 43.3 Å². The molecule has 6 nitrogen and oxygen atoms in total. The number of ether oxygens (including phenoxy) is 2. The summed E-state index contributed by atoms with van der Waals surface area (Å²) in [7, 11) is 3.36. The van der Waals surface area contributed by atoms with Crippen molar-refractivity contribution in [1.29, 1.82) is 0 Å². The van der Waals surface area contributed by atoms with E-state index in [2.05, 4.69) is 39.2 Å². The number of hydrogen-bond acceptors (Lipinski definition) is 5. The molecule has 0 spiro atoms. The van der Waals surface area contributed by atoms with Crippen LogP contribution in [0.5, 0.6) is 11.5 Å². The number of aromatic amines is 1. The summed E-state index contributed by atoms with van der Waals surface area (Å²) in [5.41, 5.74) is 3.04. The van der Waals surface area contributed by atoms with Gasteiger partial charge in [-0.05, 0) is 30.7 Å². The van der Waals surface area contributed by atoms with Gasteiger partial charge in [0.05, 0.1) is 19.9 Å². The van der Waals surface area contributed by atoms with Crippen molar-refractivity contribution < 1.29 is 9.47 Å². The Balaban J connectivity index is 1.57. The summed E-state index contributed by atoms with van der Waals surface area (Å²) in [6.07, 6.45) is 4.27. The van der Waals surface area contributed by atoms with Crippen LogP contribution in [0.1, 0.15) is 34.5 Å². The molecule has 3 aromatic rings. The molecule has 0 aliphatic carbocycles. The van der Waals surface area contributed by atoms with Gasteiger partial charge >= 0.3 is 0 Å². The van der Waals surface area contributed by atoms with Crippen LogP contribution >= 0.6 is 0 Å². The lowest BCUT2D eigenvalue weighted by Gasteiger charge is -2.19. The van der Waals surface area contributed by atoms with Crippen molar-refractivity contribution >= 4 is 6.08 Å². The molecule has 1 aromatic heterocycles. The first-order chi connectivity index (χ1) is 15.6. The molecule has 1 N–H and O–H groups in total. The van der Waals surface area contributed by atoms with E-state index in [0.717, 1.165) is 42.4 Å². The predicted octanol–water partition coefficient (Wildman–Crippen LogP) is 3.99. The maximum Gasteiger partial charge on any atom is 0.251 e. The van der Waals surface area contributed by atoms with E-state index in [1.165, 1.54) is 5.56 Å². The van der Waals surface area contributed by atoms with Crippen LogP contribution in [-0.4, -0.2) is 48.7 Å². The van der Waals surface area contributed by atoms with Crippen molar-refractivity contribution in [3.8, 4) is 11.5 Å². The fourth-order valence-corrected chi connectivity index (χ4v) is 4.45. The Morgan fingerprint density at radius 2 is 1.81 bits per heavy atom. The number of hydrogen-bond donors (Lipinski definition) is 1. The van der Waals surface area contributed by atoms with E-state index in [1.54, 1.807) is 20.3 Å². The van der Waals surface area contributed by atoms with E-state index in [9.17, 15) is 4.79 Å². The minimum absolute atomic E-state index is 0.101. The van der Waals surface area contributed by atoms with Gasteiger partial charge < -0.3 is 14.5 Å². The maximum absolute atomic E-state index is 12.1. The summed E-state index contributed by atoms with van der Waals surface area (Å²) in [5, 5.41) is 0. The van der Waals surface area contributed by atoms with E-state index in [-0.39, 0.29) is 17.4 Å². The molecule has 4 rings (SSSR count). The molecule has 32 heavy (non-hydrogen) atoms. The Morgan fingerprint density at radius 1 is 1.06 bits per heavy atom. The Morgan fingerprint density at radius 3 is 2.53 bits per heavy atom. The molecular weight excluding hydrogens is 402 g/mol. The molecule has 1 aliphatic rings. The number of nitrogens with zero attached hydrogens (tertiary/aromatic N) is 2. The molecule has 0 radical (unpaired) electrons. The molecule has 1 aliphatic heterocycles. The van der Waals surface area contributed by atoms with Crippen molar-refractivity contribution in [2.24, 2.45) is 0 Å². The predicted molar refractivity (Wildman–Crippen MR) is 127 cm³/mol. The van der Waals surface area contributed by atoms with Gasteiger partial charge in [0.25, 0.3) is 5.56 Å². The number of likely N-dealkylation sites (tertiary alicyclic amines) is 1. The van der Waals surface area contributed by atoms with Crippen molar-refractivity contribution in [1.82, 2.24) is 14.9 Å². The lowest BCUT2D eigenvalue weighted by Crippen LogP contribution is -2.21. The van der Waals surface area contributed by atoms with Crippen LogP contribution < -0.4 is 15.0 Å². The second-order valence-corrected chi connectivity index (χ2v) is 8.10. The van der Waals surface area contributed by atoms with Gasteiger partial charge in [-0.25, -0.2) is 4.98 Å². The summed E-state index contributed by atoms with van der Waals surface area (Å²) in [6, 6.07) is 17.8. The van der Waals surface area contributed by atoms with Crippen LogP contribution in [-0.2, 0) is 0 Å². The number of nitrogens with one attached hydrogen (secondary N) is 1. The lowest BCUT2D eigenvalue weighted by molar-refractivity contribution is 0.368. The fraction of sp³-hybridized carbons (Fsp3) is 0.308. The number of aryl methyl sites for hydroxylation is 1. The standard InChI is InChI=1S/C26H29N3O3/c1-18-27-24(15-26(30)28-18)23-17-29(14-6-8-20-7-4-5-9-25(20)32-3)16-22(23)19-10-12-21(31-2)13-11-19/h4-13,15,22-23H,14,16-17H2,1-3H3,(H,27,28,30)/b8-6-/t22-,23+/m0/s1. The fourth-order valence-electron chi connectivity index (χ4n) is 4.45. The average molecular weight is 432 g/mol. The number of aromatic nitrogens is 2. The van der Waals surface area contributed by atoms with Gasteiger partial charge in [-0.2, -0.15) is 0 Å². The number of rotatable bonds is 7. The molecule has 166 valence electrons. The third-order valence-electron chi connectivity index (χ3n) is 6.00. The quantitative estimate of drug-likeness (QED) is 0.613. The Bertz CT molecular complexity index is 1140. The van der Waals surface area contributed by atoms with Crippen molar-refractivity contribution in [2.45, 2.75) is 18.8 Å². The zero-order chi connectivity index (χ0) is 22.5. The van der Waals surface area contributed by atoms with E-state index < -0.39 is 0 Å². The molecular formula is C26H29N3O3. The third-order valence-corrected chi connectivity index (χ3v) is 6.00. The summed E-state index contributed by atoms with van der Waals surface area (Å²) in [4.78, 5) is 22.0. The van der Waals surface area contributed by atoms with Crippen LogP contribution in [0.4, 0.5) is 0 Å². The van der Waals surface area contributed by atoms with Gasteiger partial charge in [0.1, 0.15) is 17.3 Å². The minimum atomic E-state index is -0.101. The second-order valence-electron chi connectivity index (χ2n) is 8.10. The van der Waals surface area contributed by atoms with Gasteiger partial charge in [0.2, 0.25) is 0 Å². The molecule has 1 saturated heterocycles. The SMILES string of the molecule is COc1ccc([C@@H]2CN(C/C=C\c3ccccc3OC)C[C@H]2c2cc(=O)[nH]c(C)n2)cc1.